The molecule has 0 aromatic heterocycles. The highest BCUT2D eigenvalue weighted by molar-refractivity contribution is 6.33. The SMILES string of the molecule is COC(C)CCC(=O)Nc1ccc(N)c(Cl)c1. The zero-order valence-corrected chi connectivity index (χ0v) is 10.8. The monoisotopic (exact) mass is 256 g/mol. The average Bonchev–Trinajstić information content (AvgIpc) is 2.31. The first-order chi connectivity index (χ1) is 8.02. The van der Waals surface area contributed by atoms with Crippen LogP contribution in [-0.2, 0) is 9.53 Å². The number of ether oxygens (including phenoxy) is 1. The Morgan fingerprint density at radius 3 is 2.88 bits per heavy atom. The predicted molar refractivity (Wildman–Crippen MR) is 70.2 cm³/mol. The van der Waals surface area contributed by atoms with Gasteiger partial charge in [-0.05, 0) is 31.5 Å². The van der Waals surface area contributed by atoms with Crippen molar-refractivity contribution in [2.75, 3.05) is 18.2 Å². The molecule has 5 heteroatoms. The number of carbonyl (C=O) groups is 1. The van der Waals surface area contributed by atoms with Crippen molar-refractivity contribution < 1.29 is 9.53 Å². The van der Waals surface area contributed by atoms with Crippen molar-refractivity contribution in [3.63, 3.8) is 0 Å². The van der Waals surface area contributed by atoms with Crippen LogP contribution >= 0.6 is 11.6 Å². The minimum Gasteiger partial charge on any atom is -0.398 e. The van der Waals surface area contributed by atoms with E-state index in [9.17, 15) is 4.79 Å². The van der Waals surface area contributed by atoms with Gasteiger partial charge >= 0.3 is 0 Å². The molecule has 0 bridgehead atoms. The van der Waals surface area contributed by atoms with Gasteiger partial charge in [-0.3, -0.25) is 4.79 Å². The molecule has 3 N–H and O–H groups in total. The number of carbonyl (C=O) groups excluding carboxylic acids is 1. The molecule has 1 atom stereocenters. The molecule has 1 amide bonds. The van der Waals surface area contributed by atoms with Gasteiger partial charge in [0, 0.05) is 19.2 Å². The first kappa shape index (κ1) is 13.8. The van der Waals surface area contributed by atoms with Crippen molar-refractivity contribution >= 4 is 28.9 Å². The molecule has 1 unspecified atom stereocenters. The second-order valence-electron chi connectivity index (χ2n) is 3.87. The number of nitrogens with one attached hydrogen (secondary N) is 1. The van der Waals surface area contributed by atoms with Crippen molar-refractivity contribution in [2.24, 2.45) is 0 Å². The van der Waals surface area contributed by atoms with Gasteiger partial charge < -0.3 is 15.8 Å². The highest BCUT2D eigenvalue weighted by Gasteiger charge is 2.07. The van der Waals surface area contributed by atoms with Crippen LogP contribution in [0.15, 0.2) is 18.2 Å². The summed E-state index contributed by atoms with van der Waals surface area (Å²) in [7, 11) is 1.63. The molecule has 0 saturated heterocycles. The Balaban J connectivity index is 2.48. The van der Waals surface area contributed by atoms with Crippen LogP contribution < -0.4 is 11.1 Å². The molecule has 1 aromatic carbocycles. The van der Waals surface area contributed by atoms with Crippen LogP contribution in [0.3, 0.4) is 0 Å². The van der Waals surface area contributed by atoms with Crippen LogP contribution in [0.25, 0.3) is 0 Å². The van der Waals surface area contributed by atoms with Crippen molar-refractivity contribution in [1.82, 2.24) is 0 Å². The van der Waals surface area contributed by atoms with Gasteiger partial charge in [-0.2, -0.15) is 0 Å². The normalized spacial score (nSPS) is 12.2. The number of halogens is 1. The van der Waals surface area contributed by atoms with E-state index in [4.69, 9.17) is 22.1 Å². The Labute approximate surface area is 106 Å². The molecule has 94 valence electrons. The zero-order valence-electron chi connectivity index (χ0n) is 10.00. The van der Waals surface area contributed by atoms with E-state index in [1.807, 2.05) is 6.92 Å². The number of anilines is 2. The summed E-state index contributed by atoms with van der Waals surface area (Å²) in [5.74, 6) is -0.0604. The maximum Gasteiger partial charge on any atom is 0.224 e. The summed E-state index contributed by atoms with van der Waals surface area (Å²) < 4.78 is 5.07. The van der Waals surface area contributed by atoms with Gasteiger partial charge in [0.05, 0.1) is 16.8 Å². The van der Waals surface area contributed by atoms with E-state index in [1.165, 1.54) is 0 Å². The number of amides is 1. The molecule has 1 rings (SSSR count). The molecule has 1 aromatic rings. The number of rotatable bonds is 5. The van der Waals surface area contributed by atoms with Gasteiger partial charge in [-0.25, -0.2) is 0 Å². The second-order valence-corrected chi connectivity index (χ2v) is 4.28. The van der Waals surface area contributed by atoms with Crippen LogP contribution in [0.1, 0.15) is 19.8 Å². The van der Waals surface area contributed by atoms with Crippen LogP contribution in [0, 0.1) is 0 Å². The number of methoxy groups -OCH3 is 1. The van der Waals surface area contributed by atoms with Gasteiger partial charge in [-0.1, -0.05) is 11.6 Å². The van der Waals surface area contributed by atoms with Gasteiger partial charge in [0.2, 0.25) is 5.91 Å². The Hall–Kier alpha value is -1.26. The van der Waals surface area contributed by atoms with E-state index in [0.717, 1.165) is 0 Å². The molecule has 0 heterocycles. The third-order valence-electron chi connectivity index (χ3n) is 2.46. The van der Waals surface area contributed by atoms with Crippen molar-refractivity contribution in [3.8, 4) is 0 Å². The lowest BCUT2D eigenvalue weighted by Gasteiger charge is -2.10. The molecule has 0 aliphatic heterocycles. The second kappa shape index (κ2) is 6.47. The molecule has 0 aliphatic rings. The fourth-order valence-electron chi connectivity index (χ4n) is 1.28. The first-order valence-corrected chi connectivity index (χ1v) is 5.78. The summed E-state index contributed by atoms with van der Waals surface area (Å²) in [6.45, 7) is 1.92. The molecule has 0 fully saturated rings. The van der Waals surface area contributed by atoms with E-state index in [-0.39, 0.29) is 12.0 Å². The van der Waals surface area contributed by atoms with E-state index >= 15 is 0 Å². The van der Waals surface area contributed by atoms with Crippen molar-refractivity contribution in [3.05, 3.63) is 23.2 Å². The lowest BCUT2D eigenvalue weighted by molar-refractivity contribution is -0.116. The summed E-state index contributed by atoms with van der Waals surface area (Å²) in [6.07, 6.45) is 1.18. The average molecular weight is 257 g/mol. The Bertz CT molecular complexity index is 396. The number of hydrogen-bond acceptors (Lipinski definition) is 3. The molecule has 0 saturated carbocycles. The topological polar surface area (TPSA) is 64.3 Å². The highest BCUT2D eigenvalue weighted by atomic mass is 35.5. The van der Waals surface area contributed by atoms with Crippen molar-refractivity contribution in [1.29, 1.82) is 0 Å². The lowest BCUT2D eigenvalue weighted by Crippen LogP contribution is -2.15. The molecule has 0 radical (unpaired) electrons. The summed E-state index contributed by atoms with van der Waals surface area (Å²) in [5.41, 5.74) is 6.72. The Morgan fingerprint density at radius 2 is 2.29 bits per heavy atom. The molecule has 17 heavy (non-hydrogen) atoms. The minimum absolute atomic E-state index is 0.0604. The van der Waals surface area contributed by atoms with Gasteiger partial charge in [0.1, 0.15) is 0 Å². The number of nitrogen functional groups attached to an aromatic ring is 1. The maximum absolute atomic E-state index is 11.6. The summed E-state index contributed by atoms with van der Waals surface area (Å²) >= 11 is 5.85. The van der Waals surface area contributed by atoms with Gasteiger partial charge in [0.25, 0.3) is 0 Å². The smallest absolute Gasteiger partial charge is 0.224 e. The maximum atomic E-state index is 11.6. The van der Waals surface area contributed by atoms with E-state index in [1.54, 1.807) is 25.3 Å². The molecule has 4 nitrogen and oxygen atoms in total. The third-order valence-corrected chi connectivity index (χ3v) is 2.79. The number of nitrogens with two attached hydrogens (primary N) is 1. The summed E-state index contributed by atoms with van der Waals surface area (Å²) in [4.78, 5) is 11.6. The van der Waals surface area contributed by atoms with Crippen LogP contribution in [0.5, 0.6) is 0 Å². The van der Waals surface area contributed by atoms with Crippen LogP contribution in [-0.4, -0.2) is 19.1 Å². The minimum atomic E-state index is -0.0604. The van der Waals surface area contributed by atoms with Crippen molar-refractivity contribution in [2.45, 2.75) is 25.9 Å². The Morgan fingerprint density at radius 1 is 1.59 bits per heavy atom. The zero-order chi connectivity index (χ0) is 12.8. The molecule has 0 aliphatic carbocycles. The molecular weight excluding hydrogens is 240 g/mol. The fraction of sp³-hybridized carbons (Fsp3) is 0.417. The van der Waals surface area contributed by atoms with E-state index in [2.05, 4.69) is 5.32 Å². The van der Waals surface area contributed by atoms with Gasteiger partial charge in [-0.15, -0.1) is 0 Å². The number of hydrogen-bond donors (Lipinski definition) is 2. The largest absolute Gasteiger partial charge is 0.398 e. The van der Waals surface area contributed by atoms with Crippen LogP contribution in [0.2, 0.25) is 5.02 Å². The molecule has 0 spiro atoms. The standard InChI is InChI=1S/C12H17ClN2O2/c1-8(17-2)3-6-12(16)15-9-4-5-11(14)10(13)7-9/h4-5,7-8H,3,6,14H2,1-2H3,(H,15,16). The van der Waals surface area contributed by atoms with E-state index in [0.29, 0.717) is 29.2 Å². The highest BCUT2D eigenvalue weighted by Crippen LogP contribution is 2.22. The fourth-order valence-corrected chi connectivity index (χ4v) is 1.46. The summed E-state index contributed by atoms with van der Waals surface area (Å²) in [5, 5.41) is 3.19. The van der Waals surface area contributed by atoms with Crippen LogP contribution in [0.4, 0.5) is 11.4 Å². The Kier molecular flexibility index (Phi) is 5.25. The van der Waals surface area contributed by atoms with Gasteiger partial charge in [0.15, 0.2) is 0 Å². The summed E-state index contributed by atoms with van der Waals surface area (Å²) in [6, 6.07) is 5.02. The molecular formula is C12H17ClN2O2. The third kappa shape index (κ3) is 4.63. The predicted octanol–water partition coefficient (Wildman–Crippen LogP) is 2.68. The quantitative estimate of drug-likeness (QED) is 0.796. The lowest BCUT2D eigenvalue weighted by atomic mass is 10.2. The van der Waals surface area contributed by atoms with E-state index < -0.39 is 0 Å². The first-order valence-electron chi connectivity index (χ1n) is 5.40. The number of benzene rings is 1.